The second-order valence-corrected chi connectivity index (χ2v) is 3.89. The van der Waals surface area contributed by atoms with Crippen LogP contribution in [0.2, 0.25) is 5.02 Å². The van der Waals surface area contributed by atoms with Gasteiger partial charge in [0.1, 0.15) is 5.82 Å². The summed E-state index contributed by atoms with van der Waals surface area (Å²) in [6, 6.07) is 5.67. The van der Waals surface area contributed by atoms with Gasteiger partial charge in [-0.3, -0.25) is 0 Å². The molecule has 2 aromatic rings. The summed E-state index contributed by atoms with van der Waals surface area (Å²) in [5, 5.41) is 0.599. The van der Waals surface area contributed by atoms with Crippen molar-refractivity contribution in [2.45, 2.75) is 6.42 Å². The average molecular weight is 222 g/mol. The van der Waals surface area contributed by atoms with Crippen LogP contribution >= 0.6 is 11.6 Å². The molecule has 0 spiro atoms. The minimum Gasteiger partial charge on any atom is -0.398 e. The molecule has 0 aliphatic rings. The lowest BCUT2D eigenvalue weighted by Gasteiger charge is -2.04. The predicted molar refractivity (Wildman–Crippen MR) is 61.9 cm³/mol. The number of anilines is 1. The SMILES string of the molecule is Cn1ccnc1Cc1ccc(N)c(Cl)c1. The lowest BCUT2D eigenvalue weighted by Crippen LogP contribution is -1.98. The third kappa shape index (κ3) is 2.13. The number of imidazole rings is 1. The number of halogens is 1. The van der Waals surface area contributed by atoms with E-state index in [9.17, 15) is 0 Å². The highest BCUT2D eigenvalue weighted by atomic mass is 35.5. The fourth-order valence-corrected chi connectivity index (χ4v) is 1.63. The molecule has 0 atom stereocenters. The molecule has 0 aliphatic carbocycles. The Morgan fingerprint density at radius 2 is 2.27 bits per heavy atom. The van der Waals surface area contributed by atoms with Crippen molar-refractivity contribution in [2.24, 2.45) is 7.05 Å². The quantitative estimate of drug-likeness (QED) is 0.791. The largest absolute Gasteiger partial charge is 0.398 e. The first kappa shape index (κ1) is 10.1. The molecule has 0 fully saturated rings. The fourth-order valence-electron chi connectivity index (χ4n) is 1.43. The van der Waals surface area contributed by atoms with Crippen LogP contribution in [0.15, 0.2) is 30.6 Å². The van der Waals surface area contributed by atoms with Gasteiger partial charge in [0.15, 0.2) is 0 Å². The highest BCUT2D eigenvalue weighted by Crippen LogP contribution is 2.20. The van der Waals surface area contributed by atoms with E-state index in [-0.39, 0.29) is 0 Å². The fraction of sp³-hybridized carbons (Fsp3) is 0.182. The number of nitrogens with two attached hydrogens (primary N) is 1. The van der Waals surface area contributed by atoms with E-state index in [4.69, 9.17) is 17.3 Å². The van der Waals surface area contributed by atoms with E-state index in [1.807, 2.05) is 36.0 Å². The van der Waals surface area contributed by atoms with Gasteiger partial charge in [-0.2, -0.15) is 0 Å². The van der Waals surface area contributed by atoms with E-state index in [2.05, 4.69) is 4.98 Å². The maximum atomic E-state index is 5.94. The first-order chi connectivity index (χ1) is 7.16. The van der Waals surface area contributed by atoms with E-state index < -0.39 is 0 Å². The highest BCUT2D eigenvalue weighted by Gasteiger charge is 2.03. The van der Waals surface area contributed by atoms with Crippen molar-refractivity contribution in [3.05, 3.63) is 47.0 Å². The number of hydrogen-bond donors (Lipinski definition) is 1. The van der Waals surface area contributed by atoms with Crippen molar-refractivity contribution in [1.82, 2.24) is 9.55 Å². The number of aromatic nitrogens is 2. The minimum absolute atomic E-state index is 0.599. The molecule has 2 rings (SSSR count). The van der Waals surface area contributed by atoms with Crippen molar-refractivity contribution in [1.29, 1.82) is 0 Å². The number of aryl methyl sites for hydroxylation is 1. The van der Waals surface area contributed by atoms with Gasteiger partial charge >= 0.3 is 0 Å². The Kier molecular flexibility index (Phi) is 2.64. The molecule has 15 heavy (non-hydrogen) atoms. The van der Waals surface area contributed by atoms with Crippen molar-refractivity contribution in [3.8, 4) is 0 Å². The molecule has 0 radical (unpaired) electrons. The Morgan fingerprint density at radius 3 is 2.87 bits per heavy atom. The number of hydrogen-bond acceptors (Lipinski definition) is 2. The molecule has 3 nitrogen and oxygen atoms in total. The number of benzene rings is 1. The van der Waals surface area contributed by atoms with Gasteiger partial charge in [-0.25, -0.2) is 4.98 Å². The van der Waals surface area contributed by atoms with E-state index in [1.165, 1.54) is 0 Å². The molecular formula is C11H12ClN3. The van der Waals surface area contributed by atoms with Gasteiger partial charge in [0.25, 0.3) is 0 Å². The second kappa shape index (κ2) is 3.95. The molecule has 0 aliphatic heterocycles. The van der Waals surface area contributed by atoms with Gasteiger partial charge in [0.05, 0.1) is 10.7 Å². The summed E-state index contributed by atoms with van der Waals surface area (Å²) in [4.78, 5) is 4.25. The van der Waals surface area contributed by atoms with Crippen molar-refractivity contribution < 1.29 is 0 Å². The van der Waals surface area contributed by atoms with Crippen LogP contribution in [0.5, 0.6) is 0 Å². The summed E-state index contributed by atoms with van der Waals surface area (Å²) in [5.74, 6) is 1.01. The number of nitrogen functional groups attached to an aromatic ring is 1. The van der Waals surface area contributed by atoms with Crippen LogP contribution in [-0.4, -0.2) is 9.55 Å². The lowest BCUT2D eigenvalue weighted by molar-refractivity contribution is 0.822. The smallest absolute Gasteiger partial charge is 0.112 e. The second-order valence-electron chi connectivity index (χ2n) is 3.49. The van der Waals surface area contributed by atoms with Crippen molar-refractivity contribution in [3.63, 3.8) is 0 Å². The predicted octanol–water partition coefficient (Wildman–Crippen LogP) is 2.25. The van der Waals surface area contributed by atoms with E-state index in [1.54, 1.807) is 6.20 Å². The average Bonchev–Trinajstić information content (AvgIpc) is 2.59. The van der Waals surface area contributed by atoms with Gasteiger partial charge in [-0.1, -0.05) is 17.7 Å². The van der Waals surface area contributed by atoms with Crippen LogP contribution in [0.4, 0.5) is 5.69 Å². The topological polar surface area (TPSA) is 43.8 Å². The summed E-state index contributed by atoms with van der Waals surface area (Å²) in [5.41, 5.74) is 7.36. The van der Waals surface area contributed by atoms with Crippen LogP contribution in [0.1, 0.15) is 11.4 Å². The molecule has 1 heterocycles. The Hall–Kier alpha value is -1.48. The van der Waals surface area contributed by atoms with Crippen LogP contribution in [-0.2, 0) is 13.5 Å². The number of rotatable bonds is 2. The summed E-state index contributed by atoms with van der Waals surface area (Å²) in [6.07, 6.45) is 4.48. The third-order valence-electron chi connectivity index (χ3n) is 2.35. The molecule has 4 heteroatoms. The molecule has 1 aromatic heterocycles. The highest BCUT2D eigenvalue weighted by molar-refractivity contribution is 6.33. The van der Waals surface area contributed by atoms with Gasteiger partial charge in [-0.15, -0.1) is 0 Å². The van der Waals surface area contributed by atoms with Gasteiger partial charge in [0.2, 0.25) is 0 Å². The first-order valence-corrected chi connectivity index (χ1v) is 5.04. The van der Waals surface area contributed by atoms with Crippen LogP contribution in [0.25, 0.3) is 0 Å². The summed E-state index contributed by atoms with van der Waals surface area (Å²) < 4.78 is 1.99. The first-order valence-electron chi connectivity index (χ1n) is 4.67. The molecule has 0 saturated heterocycles. The zero-order chi connectivity index (χ0) is 10.8. The lowest BCUT2D eigenvalue weighted by atomic mass is 10.1. The maximum Gasteiger partial charge on any atom is 0.112 e. The van der Waals surface area contributed by atoms with E-state index in [0.717, 1.165) is 17.8 Å². The molecule has 0 bridgehead atoms. The number of nitrogens with zero attached hydrogens (tertiary/aromatic N) is 2. The zero-order valence-electron chi connectivity index (χ0n) is 8.44. The molecule has 1 aromatic carbocycles. The van der Waals surface area contributed by atoms with Gasteiger partial charge < -0.3 is 10.3 Å². The Morgan fingerprint density at radius 1 is 1.47 bits per heavy atom. The summed E-state index contributed by atoms with van der Waals surface area (Å²) >= 11 is 5.94. The monoisotopic (exact) mass is 221 g/mol. The molecular weight excluding hydrogens is 210 g/mol. The molecule has 78 valence electrons. The van der Waals surface area contributed by atoms with E-state index >= 15 is 0 Å². The zero-order valence-corrected chi connectivity index (χ0v) is 9.20. The van der Waals surface area contributed by atoms with Crippen LogP contribution in [0.3, 0.4) is 0 Å². The molecule has 0 saturated carbocycles. The standard InChI is InChI=1S/C11H12ClN3/c1-15-5-4-14-11(15)7-8-2-3-10(13)9(12)6-8/h2-6H,7,13H2,1H3. The Balaban J connectivity index is 2.25. The normalized spacial score (nSPS) is 10.5. The minimum atomic E-state index is 0.599. The molecule has 0 unspecified atom stereocenters. The summed E-state index contributed by atoms with van der Waals surface area (Å²) in [6.45, 7) is 0. The van der Waals surface area contributed by atoms with E-state index in [0.29, 0.717) is 10.7 Å². The third-order valence-corrected chi connectivity index (χ3v) is 2.68. The maximum absolute atomic E-state index is 5.94. The van der Waals surface area contributed by atoms with Crippen molar-refractivity contribution >= 4 is 17.3 Å². The van der Waals surface area contributed by atoms with Crippen molar-refractivity contribution in [2.75, 3.05) is 5.73 Å². The van der Waals surface area contributed by atoms with Crippen LogP contribution < -0.4 is 5.73 Å². The van der Waals surface area contributed by atoms with Crippen LogP contribution in [0, 0.1) is 0 Å². The molecule has 0 amide bonds. The Bertz CT molecular complexity index is 476. The molecule has 2 N–H and O–H groups in total. The Labute approximate surface area is 93.5 Å². The van der Waals surface area contributed by atoms with Gasteiger partial charge in [-0.05, 0) is 17.7 Å². The van der Waals surface area contributed by atoms with Gasteiger partial charge in [0, 0.05) is 25.9 Å². The summed E-state index contributed by atoms with van der Waals surface area (Å²) in [7, 11) is 1.97.